The highest BCUT2D eigenvalue weighted by atomic mass is 16.7. The highest BCUT2D eigenvalue weighted by Gasteiger charge is 2.27. The first-order valence-corrected chi connectivity index (χ1v) is 9.50. The number of furan rings is 1. The van der Waals surface area contributed by atoms with Crippen molar-refractivity contribution >= 4 is 0 Å². The summed E-state index contributed by atoms with van der Waals surface area (Å²) >= 11 is 0. The van der Waals surface area contributed by atoms with Crippen molar-refractivity contribution in [1.82, 2.24) is 0 Å². The summed E-state index contributed by atoms with van der Waals surface area (Å²) in [5.41, 5.74) is 4.38. The molecule has 0 bridgehead atoms. The summed E-state index contributed by atoms with van der Waals surface area (Å²) in [5.74, 6) is 1.76. The third-order valence-corrected chi connectivity index (χ3v) is 5.03. The largest absolute Gasteiger partial charge is 0.461 e. The quantitative estimate of drug-likeness (QED) is 0.457. The Balaban J connectivity index is 2.08. The van der Waals surface area contributed by atoms with Crippen LogP contribution in [-0.2, 0) is 20.6 Å². The van der Waals surface area contributed by atoms with Crippen molar-refractivity contribution in [3.63, 3.8) is 0 Å². The molecule has 148 valence electrons. The molecule has 1 unspecified atom stereocenters. The predicted octanol–water partition coefficient (Wildman–Crippen LogP) is 5.54. The van der Waals surface area contributed by atoms with Crippen LogP contribution in [0.15, 0.2) is 65.1 Å². The molecule has 1 heterocycles. The fourth-order valence-electron chi connectivity index (χ4n) is 3.66. The van der Waals surface area contributed by atoms with E-state index in [-0.39, 0.29) is 12.4 Å². The molecule has 0 aliphatic rings. The smallest absolute Gasteiger partial charge is 0.157 e. The molecule has 0 N–H and O–H groups in total. The van der Waals surface area contributed by atoms with E-state index in [1.807, 2.05) is 43.3 Å². The van der Waals surface area contributed by atoms with Gasteiger partial charge in [-0.05, 0) is 18.9 Å². The van der Waals surface area contributed by atoms with E-state index in [0.717, 1.165) is 46.6 Å². The fourth-order valence-corrected chi connectivity index (χ4v) is 3.66. The molecule has 3 rings (SSSR count). The van der Waals surface area contributed by atoms with Gasteiger partial charge in [0.15, 0.2) is 6.29 Å². The average molecular weight is 380 g/mol. The van der Waals surface area contributed by atoms with Crippen LogP contribution in [0.2, 0.25) is 0 Å². The molecule has 0 fully saturated rings. The number of aryl methyl sites for hydroxylation is 1. The Labute approximate surface area is 167 Å². The minimum absolute atomic E-state index is 0.194. The molecular formula is C24H28O4. The van der Waals surface area contributed by atoms with Gasteiger partial charge in [-0.3, -0.25) is 0 Å². The molecule has 0 radical (unpaired) electrons. The second-order valence-corrected chi connectivity index (χ2v) is 6.71. The molecule has 0 aliphatic carbocycles. The standard InChI is InChI=1S/C24H28O4/c1-17-22(24(27-4)19-13-9-6-10-14-19)20(15-16-21(25-2)26-3)23(28-17)18-11-7-5-8-12-18/h5-14,21,24H,15-16H2,1-4H3. The van der Waals surface area contributed by atoms with E-state index < -0.39 is 0 Å². The minimum Gasteiger partial charge on any atom is -0.461 e. The summed E-state index contributed by atoms with van der Waals surface area (Å²) < 4.78 is 23.0. The predicted molar refractivity (Wildman–Crippen MR) is 110 cm³/mol. The first-order chi connectivity index (χ1) is 13.7. The average Bonchev–Trinajstić information content (AvgIpc) is 3.07. The lowest BCUT2D eigenvalue weighted by Gasteiger charge is -2.19. The topological polar surface area (TPSA) is 40.8 Å². The van der Waals surface area contributed by atoms with Gasteiger partial charge in [0, 0.05) is 44.4 Å². The summed E-state index contributed by atoms with van der Waals surface area (Å²) in [4.78, 5) is 0. The second kappa shape index (κ2) is 9.69. The highest BCUT2D eigenvalue weighted by Crippen LogP contribution is 2.39. The van der Waals surface area contributed by atoms with Gasteiger partial charge >= 0.3 is 0 Å². The van der Waals surface area contributed by atoms with Gasteiger partial charge in [-0.25, -0.2) is 0 Å². The SMILES string of the molecule is COC(CCc1c(-c2ccccc2)oc(C)c1C(OC)c1ccccc1)OC. The lowest BCUT2D eigenvalue weighted by molar-refractivity contribution is -0.105. The Hall–Kier alpha value is -2.40. The van der Waals surface area contributed by atoms with E-state index >= 15 is 0 Å². The summed E-state index contributed by atoms with van der Waals surface area (Å²) in [6.45, 7) is 2.00. The molecule has 28 heavy (non-hydrogen) atoms. The normalized spacial score (nSPS) is 12.5. The van der Waals surface area contributed by atoms with Gasteiger partial charge in [0.05, 0.1) is 0 Å². The minimum atomic E-state index is -0.260. The van der Waals surface area contributed by atoms with E-state index in [1.165, 1.54) is 0 Å². The molecular weight excluding hydrogens is 352 g/mol. The monoisotopic (exact) mass is 380 g/mol. The molecule has 0 amide bonds. The molecule has 1 aromatic heterocycles. The zero-order valence-electron chi connectivity index (χ0n) is 17.0. The zero-order chi connectivity index (χ0) is 19.9. The van der Waals surface area contributed by atoms with Crippen molar-refractivity contribution < 1.29 is 18.6 Å². The van der Waals surface area contributed by atoms with Gasteiger partial charge in [0.25, 0.3) is 0 Å². The number of methoxy groups -OCH3 is 3. The number of hydrogen-bond donors (Lipinski definition) is 0. The summed E-state index contributed by atoms with van der Waals surface area (Å²) in [7, 11) is 5.06. The van der Waals surface area contributed by atoms with Crippen molar-refractivity contribution in [2.24, 2.45) is 0 Å². The summed E-state index contributed by atoms with van der Waals surface area (Å²) in [6.07, 6.45) is 1.03. The first-order valence-electron chi connectivity index (χ1n) is 9.50. The molecule has 4 nitrogen and oxygen atoms in total. The molecule has 0 saturated carbocycles. The van der Waals surface area contributed by atoms with Gasteiger partial charge in [-0.1, -0.05) is 60.7 Å². The van der Waals surface area contributed by atoms with Crippen LogP contribution in [0.5, 0.6) is 0 Å². The van der Waals surface area contributed by atoms with Gasteiger partial charge in [0.2, 0.25) is 0 Å². The van der Waals surface area contributed by atoms with E-state index in [1.54, 1.807) is 21.3 Å². The highest BCUT2D eigenvalue weighted by molar-refractivity contribution is 5.65. The van der Waals surface area contributed by atoms with Gasteiger partial charge in [0.1, 0.15) is 17.6 Å². The Morgan fingerprint density at radius 2 is 1.43 bits per heavy atom. The number of ether oxygens (including phenoxy) is 3. The molecule has 0 aliphatic heterocycles. The van der Waals surface area contributed by atoms with Crippen LogP contribution in [-0.4, -0.2) is 27.6 Å². The number of benzene rings is 2. The molecule has 1 atom stereocenters. The van der Waals surface area contributed by atoms with Crippen molar-refractivity contribution in [1.29, 1.82) is 0 Å². The fraction of sp³-hybridized carbons (Fsp3) is 0.333. The van der Waals surface area contributed by atoms with Crippen molar-refractivity contribution in [2.75, 3.05) is 21.3 Å². The molecule has 2 aromatic carbocycles. The summed E-state index contributed by atoms with van der Waals surface area (Å²) in [6, 6.07) is 20.4. The van der Waals surface area contributed by atoms with Crippen LogP contribution in [0, 0.1) is 6.92 Å². The first kappa shape index (κ1) is 20.3. The zero-order valence-corrected chi connectivity index (χ0v) is 17.0. The van der Waals surface area contributed by atoms with Crippen LogP contribution in [0.3, 0.4) is 0 Å². The Morgan fingerprint density at radius 3 is 2.00 bits per heavy atom. The van der Waals surface area contributed by atoms with Crippen molar-refractivity contribution in [3.8, 4) is 11.3 Å². The van der Waals surface area contributed by atoms with Gasteiger partial charge in [-0.15, -0.1) is 0 Å². The molecule has 4 heteroatoms. The summed E-state index contributed by atoms with van der Waals surface area (Å²) in [5, 5.41) is 0. The maximum absolute atomic E-state index is 6.27. The van der Waals surface area contributed by atoms with Crippen molar-refractivity contribution in [2.45, 2.75) is 32.2 Å². The second-order valence-electron chi connectivity index (χ2n) is 6.71. The van der Waals surface area contributed by atoms with Crippen LogP contribution in [0.25, 0.3) is 11.3 Å². The molecule has 0 saturated heterocycles. The lowest BCUT2D eigenvalue weighted by atomic mass is 9.93. The third kappa shape index (κ3) is 4.36. The van der Waals surface area contributed by atoms with E-state index in [9.17, 15) is 0 Å². The Kier molecular flexibility index (Phi) is 7.04. The number of hydrogen-bond acceptors (Lipinski definition) is 4. The lowest BCUT2D eigenvalue weighted by Crippen LogP contribution is -2.15. The van der Waals surface area contributed by atoms with E-state index in [4.69, 9.17) is 18.6 Å². The van der Waals surface area contributed by atoms with Crippen LogP contribution < -0.4 is 0 Å². The molecule has 3 aromatic rings. The van der Waals surface area contributed by atoms with Gasteiger partial charge < -0.3 is 18.6 Å². The third-order valence-electron chi connectivity index (χ3n) is 5.03. The maximum atomic E-state index is 6.27. The van der Waals surface area contributed by atoms with Crippen LogP contribution in [0.1, 0.15) is 35.0 Å². The Bertz CT molecular complexity index is 851. The van der Waals surface area contributed by atoms with Crippen LogP contribution in [0.4, 0.5) is 0 Å². The molecule has 0 spiro atoms. The maximum Gasteiger partial charge on any atom is 0.157 e. The van der Waals surface area contributed by atoms with E-state index in [0.29, 0.717) is 0 Å². The van der Waals surface area contributed by atoms with E-state index in [2.05, 4.69) is 24.3 Å². The number of rotatable bonds is 9. The van der Waals surface area contributed by atoms with Crippen LogP contribution >= 0.6 is 0 Å². The van der Waals surface area contributed by atoms with Crippen molar-refractivity contribution in [3.05, 3.63) is 83.1 Å². The Morgan fingerprint density at radius 1 is 0.821 bits per heavy atom. The van der Waals surface area contributed by atoms with Gasteiger partial charge in [-0.2, -0.15) is 0 Å².